The smallest absolute Gasteiger partial charge is 0.219 e. The third kappa shape index (κ3) is 3.60. The molecule has 0 aliphatic carbocycles. The van der Waals surface area contributed by atoms with E-state index in [4.69, 9.17) is 0 Å². The van der Waals surface area contributed by atoms with E-state index in [9.17, 15) is 4.79 Å². The van der Waals surface area contributed by atoms with Gasteiger partial charge in [0.1, 0.15) is 0 Å². The Hall–Kier alpha value is -2.17. The summed E-state index contributed by atoms with van der Waals surface area (Å²) in [7, 11) is 0. The fourth-order valence-electron chi connectivity index (χ4n) is 3.39. The Kier molecular flexibility index (Phi) is 4.74. The van der Waals surface area contributed by atoms with Gasteiger partial charge in [0.25, 0.3) is 0 Å². The van der Waals surface area contributed by atoms with Crippen molar-refractivity contribution in [2.24, 2.45) is 5.92 Å². The molecular formula is C18H24N4O. The number of aromatic nitrogens is 3. The molecule has 0 bridgehead atoms. The van der Waals surface area contributed by atoms with Gasteiger partial charge in [-0.25, -0.2) is 0 Å². The number of likely N-dealkylation sites (tertiary alicyclic amines) is 1. The van der Waals surface area contributed by atoms with Gasteiger partial charge in [0.15, 0.2) is 0 Å². The number of hydrogen-bond donors (Lipinski definition) is 0. The van der Waals surface area contributed by atoms with Crippen molar-refractivity contribution < 1.29 is 4.79 Å². The number of pyridine rings is 1. The van der Waals surface area contributed by atoms with Gasteiger partial charge in [-0.05, 0) is 55.9 Å². The number of carbonyl (C=O) groups excluding carboxylic acids is 1. The molecule has 0 unspecified atom stereocenters. The van der Waals surface area contributed by atoms with Crippen molar-refractivity contribution in [1.29, 1.82) is 0 Å². The molecule has 0 aromatic carbocycles. The first kappa shape index (κ1) is 15.7. The van der Waals surface area contributed by atoms with Crippen LogP contribution in [0, 0.1) is 5.92 Å². The molecule has 0 N–H and O–H groups in total. The molecule has 1 fully saturated rings. The lowest BCUT2D eigenvalue weighted by Gasteiger charge is -2.32. The average Bonchev–Trinajstić information content (AvgIpc) is 3.04. The molecule has 3 rings (SSSR count). The van der Waals surface area contributed by atoms with Crippen molar-refractivity contribution in [1.82, 2.24) is 19.7 Å². The van der Waals surface area contributed by atoms with E-state index in [2.05, 4.69) is 29.1 Å². The summed E-state index contributed by atoms with van der Waals surface area (Å²) in [6, 6.07) is 6.26. The lowest BCUT2D eigenvalue weighted by molar-refractivity contribution is -0.130. The number of nitrogens with zero attached hydrogens (tertiary/aromatic N) is 4. The van der Waals surface area contributed by atoms with Crippen LogP contribution in [0.25, 0.3) is 11.4 Å². The first-order valence-corrected chi connectivity index (χ1v) is 8.40. The predicted molar refractivity (Wildman–Crippen MR) is 89.8 cm³/mol. The van der Waals surface area contributed by atoms with Crippen LogP contribution in [0.4, 0.5) is 0 Å². The van der Waals surface area contributed by atoms with E-state index < -0.39 is 0 Å². The molecule has 0 saturated carbocycles. The first-order valence-electron chi connectivity index (χ1n) is 8.40. The molecule has 3 heterocycles. The van der Waals surface area contributed by atoms with Crippen LogP contribution in [0.2, 0.25) is 0 Å². The third-order valence-electron chi connectivity index (χ3n) is 4.59. The van der Waals surface area contributed by atoms with Crippen LogP contribution >= 0.6 is 0 Å². The molecule has 1 atom stereocenters. The molecule has 23 heavy (non-hydrogen) atoms. The van der Waals surface area contributed by atoms with E-state index in [0.717, 1.165) is 43.9 Å². The SMILES string of the molecule is CCn1nccc1-c1cc(C[C@@H]2CCCN(C(C)=O)C2)ccn1. The fraction of sp³-hybridized carbons (Fsp3) is 0.500. The van der Waals surface area contributed by atoms with E-state index >= 15 is 0 Å². The molecule has 0 radical (unpaired) electrons. The molecule has 1 aliphatic heterocycles. The number of piperidine rings is 1. The number of amides is 1. The fourth-order valence-corrected chi connectivity index (χ4v) is 3.39. The Balaban J connectivity index is 1.74. The van der Waals surface area contributed by atoms with E-state index in [1.165, 1.54) is 12.0 Å². The van der Waals surface area contributed by atoms with Gasteiger partial charge in [-0.15, -0.1) is 0 Å². The minimum atomic E-state index is 0.192. The van der Waals surface area contributed by atoms with E-state index in [1.54, 1.807) is 6.92 Å². The van der Waals surface area contributed by atoms with Crippen molar-refractivity contribution in [3.63, 3.8) is 0 Å². The largest absolute Gasteiger partial charge is 0.343 e. The summed E-state index contributed by atoms with van der Waals surface area (Å²) in [6.45, 7) is 6.37. The summed E-state index contributed by atoms with van der Waals surface area (Å²) in [6.07, 6.45) is 6.99. The third-order valence-corrected chi connectivity index (χ3v) is 4.59. The zero-order chi connectivity index (χ0) is 16.2. The highest BCUT2D eigenvalue weighted by atomic mass is 16.2. The minimum absolute atomic E-state index is 0.192. The number of carbonyl (C=O) groups is 1. The maximum absolute atomic E-state index is 11.6. The molecular weight excluding hydrogens is 288 g/mol. The highest BCUT2D eigenvalue weighted by molar-refractivity contribution is 5.73. The van der Waals surface area contributed by atoms with Gasteiger partial charge >= 0.3 is 0 Å². The summed E-state index contributed by atoms with van der Waals surface area (Å²) < 4.78 is 1.96. The minimum Gasteiger partial charge on any atom is -0.343 e. The lowest BCUT2D eigenvalue weighted by Crippen LogP contribution is -2.39. The van der Waals surface area contributed by atoms with Crippen molar-refractivity contribution in [3.05, 3.63) is 36.2 Å². The normalized spacial score (nSPS) is 18.2. The highest BCUT2D eigenvalue weighted by Gasteiger charge is 2.21. The van der Waals surface area contributed by atoms with Crippen LogP contribution in [0.1, 0.15) is 32.3 Å². The van der Waals surface area contributed by atoms with Crippen molar-refractivity contribution >= 4 is 5.91 Å². The highest BCUT2D eigenvalue weighted by Crippen LogP contribution is 2.23. The van der Waals surface area contributed by atoms with Gasteiger partial charge in [-0.2, -0.15) is 5.10 Å². The molecule has 2 aromatic heterocycles. The monoisotopic (exact) mass is 312 g/mol. The first-order chi connectivity index (χ1) is 11.2. The lowest BCUT2D eigenvalue weighted by atomic mass is 9.91. The van der Waals surface area contributed by atoms with Gasteiger partial charge in [0.2, 0.25) is 5.91 Å². The van der Waals surface area contributed by atoms with Crippen LogP contribution in [0.3, 0.4) is 0 Å². The topological polar surface area (TPSA) is 51.0 Å². The molecule has 1 saturated heterocycles. The van der Waals surface area contributed by atoms with Crippen LogP contribution in [-0.2, 0) is 17.8 Å². The van der Waals surface area contributed by atoms with Crippen LogP contribution < -0.4 is 0 Å². The molecule has 5 nitrogen and oxygen atoms in total. The second kappa shape index (κ2) is 6.94. The molecule has 2 aromatic rings. The Morgan fingerprint density at radius 1 is 1.35 bits per heavy atom. The van der Waals surface area contributed by atoms with Crippen molar-refractivity contribution in [3.8, 4) is 11.4 Å². The predicted octanol–water partition coefficient (Wildman–Crippen LogP) is 2.77. The van der Waals surface area contributed by atoms with Crippen LogP contribution in [-0.4, -0.2) is 38.7 Å². The Bertz CT molecular complexity index is 679. The maximum atomic E-state index is 11.6. The van der Waals surface area contributed by atoms with Gasteiger partial charge in [-0.3, -0.25) is 14.5 Å². The summed E-state index contributed by atoms with van der Waals surface area (Å²) in [5.74, 6) is 0.732. The standard InChI is InChI=1S/C18H24N4O/c1-3-22-18(7-9-20-22)17-12-15(6-8-19-17)11-16-5-4-10-21(13-16)14(2)23/h6-9,12,16H,3-5,10-11,13H2,1-2H3/t16-/m0/s1. The van der Waals surface area contributed by atoms with Gasteiger partial charge in [0, 0.05) is 39.0 Å². The van der Waals surface area contributed by atoms with Crippen molar-refractivity contribution in [2.75, 3.05) is 13.1 Å². The summed E-state index contributed by atoms with van der Waals surface area (Å²) >= 11 is 0. The molecule has 1 aliphatic rings. The Morgan fingerprint density at radius 2 is 2.22 bits per heavy atom. The van der Waals surface area contributed by atoms with Gasteiger partial charge in [0.05, 0.1) is 11.4 Å². The van der Waals surface area contributed by atoms with Gasteiger partial charge < -0.3 is 4.90 Å². The second-order valence-electron chi connectivity index (χ2n) is 6.26. The van der Waals surface area contributed by atoms with Gasteiger partial charge in [-0.1, -0.05) is 0 Å². The Morgan fingerprint density at radius 3 is 3.00 bits per heavy atom. The summed E-state index contributed by atoms with van der Waals surface area (Å²) in [5.41, 5.74) is 3.32. The molecule has 122 valence electrons. The van der Waals surface area contributed by atoms with E-state index in [-0.39, 0.29) is 5.91 Å². The number of rotatable bonds is 4. The number of aryl methyl sites for hydroxylation is 1. The quantitative estimate of drug-likeness (QED) is 0.872. The molecule has 5 heteroatoms. The maximum Gasteiger partial charge on any atom is 0.219 e. The number of hydrogen-bond acceptors (Lipinski definition) is 3. The average molecular weight is 312 g/mol. The Labute approximate surface area is 137 Å². The summed E-state index contributed by atoms with van der Waals surface area (Å²) in [5, 5.41) is 4.32. The van der Waals surface area contributed by atoms with Crippen LogP contribution in [0.15, 0.2) is 30.6 Å². The van der Waals surface area contributed by atoms with Crippen molar-refractivity contribution in [2.45, 2.75) is 39.7 Å². The summed E-state index contributed by atoms with van der Waals surface area (Å²) in [4.78, 5) is 18.1. The second-order valence-corrected chi connectivity index (χ2v) is 6.26. The molecule has 1 amide bonds. The molecule has 0 spiro atoms. The van der Waals surface area contributed by atoms with Crippen LogP contribution in [0.5, 0.6) is 0 Å². The van der Waals surface area contributed by atoms with E-state index in [1.807, 2.05) is 28.0 Å². The van der Waals surface area contributed by atoms with E-state index in [0.29, 0.717) is 5.92 Å². The zero-order valence-corrected chi connectivity index (χ0v) is 13.9. The zero-order valence-electron chi connectivity index (χ0n) is 13.9.